The second kappa shape index (κ2) is 11.7. The van der Waals surface area contributed by atoms with E-state index in [2.05, 4.69) is 15.4 Å². The van der Waals surface area contributed by atoms with Gasteiger partial charge >= 0.3 is 0 Å². The number of nitrogens with one attached hydrogen (secondary N) is 1. The molecule has 2 heterocycles. The molecule has 0 bridgehead atoms. The van der Waals surface area contributed by atoms with Gasteiger partial charge in [0, 0.05) is 17.7 Å². The van der Waals surface area contributed by atoms with Gasteiger partial charge in [0.05, 0.1) is 17.2 Å². The third-order valence-corrected chi connectivity index (χ3v) is 8.44. The average molecular weight is 592 g/mol. The highest BCUT2D eigenvalue weighted by molar-refractivity contribution is 6.45. The molecule has 1 saturated carbocycles. The second-order valence-corrected chi connectivity index (χ2v) is 12.3. The lowest BCUT2D eigenvalue weighted by Gasteiger charge is -2.32. The van der Waals surface area contributed by atoms with Crippen molar-refractivity contribution in [2.24, 2.45) is 5.16 Å². The zero-order chi connectivity index (χ0) is 29.4. The summed E-state index contributed by atoms with van der Waals surface area (Å²) in [7, 11) is 0. The first kappa shape index (κ1) is 28.6. The fourth-order valence-electron chi connectivity index (χ4n) is 5.59. The molecule has 220 valence electrons. The van der Waals surface area contributed by atoms with Gasteiger partial charge in [-0.05, 0) is 99.6 Å². The molecule has 2 N–H and O–H groups in total. The highest BCUT2D eigenvalue weighted by Crippen LogP contribution is 2.37. The van der Waals surface area contributed by atoms with Gasteiger partial charge in [-0.3, -0.25) is 4.79 Å². The maximum atomic E-state index is 13.8. The van der Waals surface area contributed by atoms with E-state index < -0.39 is 23.7 Å². The van der Waals surface area contributed by atoms with Crippen LogP contribution in [0.5, 0.6) is 5.75 Å². The number of hydrogen-bond donors (Lipinski definition) is 2. The molecule has 2 aliphatic heterocycles. The molecule has 1 saturated heterocycles. The number of ether oxygens (including phenoxy) is 1. The molecule has 3 aliphatic rings. The van der Waals surface area contributed by atoms with Crippen molar-refractivity contribution >= 4 is 23.2 Å². The molecule has 2 fully saturated rings. The quantitative estimate of drug-likeness (QED) is 0.320. The highest BCUT2D eigenvalue weighted by atomic mass is 35.5. The van der Waals surface area contributed by atoms with Crippen LogP contribution in [0.25, 0.3) is 11.1 Å². The van der Waals surface area contributed by atoms with Gasteiger partial charge in [0.15, 0.2) is 11.3 Å². The molecule has 6 rings (SSSR count). The Labute approximate surface area is 250 Å². The van der Waals surface area contributed by atoms with Crippen LogP contribution in [0.1, 0.15) is 62.3 Å². The van der Waals surface area contributed by atoms with Gasteiger partial charge in [-0.15, -0.1) is 0 Å². The Bertz CT molecular complexity index is 1500. The van der Waals surface area contributed by atoms with E-state index in [0.717, 1.165) is 55.5 Å². The lowest BCUT2D eigenvalue weighted by atomic mass is 9.87. The van der Waals surface area contributed by atoms with Crippen LogP contribution < -0.4 is 10.1 Å². The van der Waals surface area contributed by atoms with Gasteiger partial charge in [0.25, 0.3) is 5.91 Å². The number of aliphatic hydroxyl groups excluding tert-OH is 1. The number of aliphatic hydroxyl groups is 1. The number of likely N-dealkylation sites (tertiary alicyclic amines) is 1. The summed E-state index contributed by atoms with van der Waals surface area (Å²) in [5.74, 6) is -0.144. The zero-order valence-electron chi connectivity index (χ0n) is 23.8. The minimum Gasteiger partial charge on any atom is -0.489 e. The summed E-state index contributed by atoms with van der Waals surface area (Å²) in [6.07, 6.45) is 3.39. The maximum Gasteiger partial charge on any atom is 0.274 e. The van der Waals surface area contributed by atoms with Crippen LogP contribution >= 0.6 is 11.6 Å². The lowest BCUT2D eigenvalue weighted by Crippen LogP contribution is -2.49. The predicted octanol–water partition coefficient (Wildman–Crippen LogP) is 5.97. The maximum absolute atomic E-state index is 13.8. The molecule has 9 heteroatoms. The molecule has 0 aromatic heterocycles. The van der Waals surface area contributed by atoms with Gasteiger partial charge < -0.3 is 24.9 Å². The van der Waals surface area contributed by atoms with Crippen LogP contribution in [-0.2, 0) is 15.2 Å². The molecule has 0 spiro atoms. The first-order valence-corrected chi connectivity index (χ1v) is 14.9. The Kier molecular flexibility index (Phi) is 7.96. The van der Waals surface area contributed by atoms with Crippen LogP contribution in [0.2, 0.25) is 5.02 Å². The van der Waals surface area contributed by atoms with Crippen LogP contribution in [-0.4, -0.2) is 53.4 Å². The molecule has 0 radical (unpaired) electrons. The minimum absolute atomic E-state index is 0.139. The molecule has 3 aromatic rings. The van der Waals surface area contributed by atoms with Crippen molar-refractivity contribution < 1.29 is 23.9 Å². The van der Waals surface area contributed by atoms with E-state index in [4.69, 9.17) is 21.2 Å². The molecule has 0 unspecified atom stereocenters. The first-order chi connectivity index (χ1) is 20.2. The van der Waals surface area contributed by atoms with E-state index in [1.807, 2.05) is 32.0 Å². The monoisotopic (exact) mass is 591 g/mol. The van der Waals surface area contributed by atoms with Crippen molar-refractivity contribution in [1.29, 1.82) is 0 Å². The average Bonchev–Trinajstić information content (AvgIpc) is 3.65. The number of hydrogen-bond acceptors (Lipinski definition) is 6. The Balaban J connectivity index is 1.26. The Morgan fingerprint density at radius 2 is 1.83 bits per heavy atom. The molecular formula is C33H35ClFN3O4. The highest BCUT2D eigenvalue weighted by Gasteiger charge is 2.36. The van der Waals surface area contributed by atoms with Crippen molar-refractivity contribution in [3.8, 4) is 16.9 Å². The normalized spacial score (nSPS) is 19.3. The summed E-state index contributed by atoms with van der Waals surface area (Å²) in [6, 6.07) is 16.6. The van der Waals surface area contributed by atoms with Gasteiger partial charge in [-0.25, -0.2) is 4.39 Å². The molecule has 1 aliphatic carbocycles. The largest absolute Gasteiger partial charge is 0.489 e. The first-order valence-electron chi connectivity index (χ1n) is 14.5. The second-order valence-electron chi connectivity index (χ2n) is 11.8. The van der Waals surface area contributed by atoms with Crippen molar-refractivity contribution in [2.75, 3.05) is 19.6 Å². The summed E-state index contributed by atoms with van der Waals surface area (Å²) in [5, 5.41) is 19.2. The number of rotatable bonds is 9. The van der Waals surface area contributed by atoms with Crippen LogP contribution in [0, 0.1) is 5.82 Å². The van der Waals surface area contributed by atoms with Crippen LogP contribution in [0.15, 0.2) is 65.8 Å². The number of carbonyl (C=O) groups excluding carboxylic acids is 1. The lowest BCUT2D eigenvalue weighted by molar-refractivity contribution is -0.117. The number of fused-ring (bicyclic) bond motifs is 1. The van der Waals surface area contributed by atoms with Crippen molar-refractivity contribution in [2.45, 2.75) is 63.4 Å². The molecule has 7 nitrogen and oxygen atoms in total. The number of halogens is 2. The van der Waals surface area contributed by atoms with E-state index in [1.165, 1.54) is 12.1 Å². The summed E-state index contributed by atoms with van der Waals surface area (Å²) >= 11 is 6.51. The number of benzene rings is 3. The third kappa shape index (κ3) is 6.16. The fraction of sp³-hybridized carbons (Fsp3) is 0.394. The van der Waals surface area contributed by atoms with Crippen molar-refractivity contribution in [3.05, 3.63) is 88.2 Å². The van der Waals surface area contributed by atoms with E-state index in [0.29, 0.717) is 28.4 Å². The third-order valence-electron chi connectivity index (χ3n) is 8.15. The van der Waals surface area contributed by atoms with Crippen molar-refractivity contribution in [3.63, 3.8) is 0 Å². The standard InChI is InChI=1S/C33H35ClFN3O4/c1-33(2)26-17-21(20-5-9-23(35)10-6-20)7-13-25(26)30(37-42-33)32(40)36-28(19-38-15-3-4-16-38)31(39)22-8-14-29(27(34)18-22)41-24-11-12-24/h5-10,13-14,17-18,24,28,31,39H,3-4,11-12,15-16,19H2,1-2H3,(H,36,40)/t28-,31-/m1/s1. The topological polar surface area (TPSA) is 83.4 Å². The van der Waals surface area contributed by atoms with Crippen LogP contribution in [0.3, 0.4) is 0 Å². The number of carbonyl (C=O) groups is 1. The Morgan fingerprint density at radius 1 is 1.12 bits per heavy atom. The van der Waals surface area contributed by atoms with Gasteiger partial charge in [0.1, 0.15) is 17.7 Å². The molecule has 2 atom stereocenters. The van der Waals surface area contributed by atoms with E-state index in [1.54, 1.807) is 30.3 Å². The Hall–Kier alpha value is -3.46. The SMILES string of the molecule is CC1(C)ON=C(C(=O)N[C@H](CN2CCCC2)[C@H](O)c2ccc(OC3CC3)c(Cl)c2)c2ccc(-c3ccc(F)cc3)cc21. The van der Waals surface area contributed by atoms with Gasteiger partial charge in [-0.1, -0.05) is 47.1 Å². The van der Waals surface area contributed by atoms with Gasteiger partial charge in [-0.2, -0.15) is 0 Å². The molecule has 1 amide bonds. The summed E-state index contributed by atoms with van der Waals surface area (Å²) < 4.78 is 19.4. The number of oxime groups is 1. The Morgan fingerprint density at radius 3 is 2.52 bits per heavy atom. The van der Waals surface area contributed by atoms with E-state index >= 15 is 0 Å². The van der Waals surface area contributed by atoms with E-state index in [-0.39, 0.29) is 17.6 Å². The molecular weight excluding hydrogens is 557 g/mol. The van der Waals surface area contributed by atoms with E-state index in [9.17, 15) is 14.3 Å². The zero-order valence-corrected chi connectivity index (χ0v) is 24.5. The molecule has 3 aromatic carbocycles. The smallest absolute Gasteiger partial charge is 0.274 e. The summed E-state index contributed by atoms with van der Waals surface area (Å²) in [4.78, 5) is 21.9. The summed E-state index contributed by atoms with van der Waals surface area (Å²) in [6.45, 7) is 6.06. The van der Waals surface area contributed by atoms with Crippen LogP contribution in [0.4, 0.5) is 4.39 Å². The molecule has 42 heavy (non-hydrogen) atoms. The number of amides is 1. The minimum atomic E-state index is -1.01. The van der Waals surface area contributed by atoms with Crippen molar-refractivity contribution in [1.82, 2.24) is 10.2 Å². The number of nitrogens with zero attached hydrogens (tertiary/aromatic N) is 2. The summed E-state index contributed by atoms with van der Waals surface area (Å²) in [5.41, 5.74) is 3.11. The fourth-order valence-corrected chi connectivity index (χ4v) is 5.83. The predicted molar refractivity (Wildman–Crippen MR) is 160 cm³/mol. The van der Waals surface area contributed by atoms with Gasteiger partial charge in [0.2, 0.25) is 0 Å².